The Morgan fingerprint density at radius 3 is 2.00 bits per heavy atom. The summed E-state index contributed by atoms with van der Waals surface area (Å²) in [6.45, 7) is 0.678. The van der Waals surface area contributed by atoms with Gasteiger partial charge >= 0.3 is 0 Å². The van der Waals surface area contributed by atoms with Crippen LogP contribution in [0.1, 0.15) is 12.5 Å². The molecule has 0 aliphatic heterocycles. The molecule has 0 fully saturated rings. The minimum absolute atomic E-state index is 0.0221. The van der Waals surface area contributed by atoms with Gasteiger partial charge in [0.2, 0.25) is 11.8 Å². The van der Waals surface area contributed by atoms with Crippen LogP contribution in [0.3, 0.4) is 0 Å². The molecule has 0 unspecified atom stereocenters. The largest absolute Gasteiger partial charge is 0.493 e. The highest BCUT2D eigenvalue weighted by Crippen LogP contribution is 2.32. The number of methoxy groups -OCH3 is 2. The Morgan fingerprint density at radius 2 is 1.46 bits per heavy atom. The summed E-state index contributed by atoms with van der Waals surface area (Å²) in [5.74, 6) is -1.83. The van der Waals surface area contributed by atoms with E-state index in [9.17, 15) is 26.8 Å². The van der Waals surface area contributed by atoms with Gasteiger partial charge in [-0.3, -0.25) is 13.9 Å². The zero-order valence-electron chi connectivity index (χ0n) is 21.9. The van der Waals surface area contributed by atoms with Crippen molar-refractivity contribution in [1.29, 1.82) is 0 Å². The molecular formula is C27H29F2N3O6S. The lowest BCUT2D eigenvalue weighted by molar-refractivity contribution is -0.139. The number of sulfonamides is 1. The van der Waals surface area contributed by atoms with E-state index in [1.165, 1.54) is 87.7 Å². The van der Waals surface area contributed by atoms with Gasteiger partial charge in [-0.1, -0.05) is 12.1 Å². The first-order chi connectivity index (χ1) is 18.5. The molecule has 0 aromatic heterocycles. The van der Waals surface area contributed by atoms with Crippen molar-refractivity contribution in [3.63, 3.8) is 0 Å². The molecule has 1 N–H and O–H groups in total. The fourth-order valence-corrected chi connectivity index (χ4v) is 5.25. The smallest absolute Gasteiger partial charge is 0.264 e. The van der Waals surface area contributed by atoms with Crippen molar-refractivity contribution in [2.24, 2.45) is 0 Å². The second kappa shape index (κ2) is 12.6. The van der Waals surface area contributed by atoms with E-state index < -0.39 is 46.1 Å². The predicted molar refractivity (Wildman–Crippen MR) is 141 cm³/mol. The number of hydrogen-bond donors (Lipinski definition) is 1. The number of likely N-dealkylation sites (N-methyl/N-ethyl adjacent to an activating group) is 1. The molecule has 2 amide bonds. The van der Waals surface area contributed by atoms with Gasteiger partial charge in [0, 0.05) is 19.7 Å². The lowest BCUT2D eigenvalue weighted by Gasteiger charge is -2.31. The fourth-order valence-electron chi connectivity index (χ4n) is 3.82. The van der Waals surface area contributed by atoms with E-state index in [1.54, 1.807) is 0 Å². The van der Waals surface area contributed by atoms with E-state index in [-0.39, 0.29) is 22.9 Å². The molecule has 0 saturated heterocycles. The Balaban J connectivity index is 2.06. The van der Waals surface area contributed by atoms with E-state index in [2.05, 4.69) is 5.32 Å². The average Bonchev–Trinajstić information content (AvgIpc) is 2.94. The maximum Gasteiger partial charge on any atom is 0.264 e. The van der Waals surface area contributed by atoms with Crippen molar-refractivity contribution in [2.45, 2.75) is 24.4 Å². The summed E-state index contributed by atoms with van der Waals surface area (Å²) < 4.78 is 66.1. The number of amides is 2. The number of halogens is 2. The monoisotopic (exact) mass is 561 g/mol. The number of benzene rings is 3. The molecule has 39 heavy (non-hydrogen) atoms. The molecule has 9 nitrogen and oxygen atoms in total. The lowest BCUT2D eigenvalue weighted by atomic mass is 10.1. The molecule has 12 heteroatoms. The number of carbonyl (C=O) groups excluding carboxylic acids is 2. The van der Waals surface area contributed by atoms with Gasteiger partial charge in [0.1, 0.15) is 24.2 Å². The summed E-state index contributed by atoms with van der Waals surface area (Å²) in [5.41, 5.74) is 0.547. The number of nitrogens with zero attached hydrogens (tertiary/aromatic N) is 2. The van der Waals surface area contributed by atoms with Crippen molar-refractivity contribution < 1.29 is 36.3 Å². The van der Waals surface area contributed by atoms with Crippen molar-refractivity contribution in [3.05, 3.63) is 83.9 Å². The summed E-state index contributed by atoms with van der Waals surface area (Å²) in [6.07, 6.45) is 0. The molecule has 0 spiro atoms. The Labute approximate surface area is 226 Å². The molecule has 1 atom stereocenters. The van der Waals surface area contributed by atoms with E-state index >= 15 is 0 Å². The van der Waals surface area contributed by atoms with Gasteiger partial charge in [-0.15, -0.1) is 0 Å². The van der Waals surface area contributed by atoms with Crippen LogP contribution in [0, 0.1) is 11.6 Å². The summed E-state index contributed by atoms with van der Waals surface area (Å²) in [4.78, 5) is 27.1. The number of nitrogens with one attached hydrogen (secondary N) is 1. The molecule has 3 rings (SSSR count). The summed E-state index contributed by atoms with van der Waals surface area (Å²) in [5, 5.41) is 2.47. The topological polar surface area (TPSA) is 105 Å². The second-order valence-electron chi connectivity index (χ2n) is 8.44. The van der Waals surface area contributed by atoms with E-state index in [1.807, 2.05) is 0 Å². The Bertz CT molecular complexity index is 1420. The summed E-state index contributed by atoms with van der Waals surface area (Å²) in [7, 11) is -0.245. The average molecular weight is 562 g/mol. The molecule has 0 saturated carbocycles. The first-order valence-corrected chi connectivity index (χ1v) is 13.2. The SMILES string of the molecule is CNC(=O)[C@H](C)N(Cc1ccc(F)cc1)C(=O)CN(c1ccc(F)cc1)S(=O)(=O)c1ccc(OC)c(OC)c1. The minimum Gasteiger partial charge on any atom is -0.493 e. The van der Waals surface area contributed by atoms with Crippen LogP contribution in [0.2, 0.25) is 0 Å². The normalized spacial score (nSPS) is 11.8. The molecule has 0 bridgehead atoms. The molecule has 0 radical (unpaired) electrons. The molecule has 3 aromatic carbocycles. The second-order valence-corrected chi connectivity index (χ2v) is 10.3. The van der Waals surface area contributed by atoms with Crippen LogP contribution < -0.4 is 19.1 Å². The van der Waals surface area contributed by atoms with Crippen molar-refractivity contribution in [2.75, 3.05) is 32.1 Å². The van der Waals surface area contributed by atoms with Gasteiger partial charge in [0.15, 0.2) is 11.5 Å². The van der Waals surface area contributed by atoms with Crippen LogP contribution in [0.15, 0.2) is 71.6 Å². The lowest BCUT2D eigenvalue weighted by Crippen LogP contribution is -2.50. The fraction of sp³-hybridized carbons (Fsp3) is 0.259. The number of rotatable bonds is 11. The highest BCUT2D eigenvalue weighted by atomic mass is 32.2. The number of ether oxygens (including phenoxy) is 2. The molecule has 208 valence electrons. The third kappa shape index (κ3) is 6.82. The van der Waals surface area contributed by atoms with Crippen molar-refractivity contribution in [3.8, 4) is 11.5 Å². The minimum atomic E-state index is -4.41. The molecule has 0 aliphatic rings. The maximum atomic E-state index is 13.8. The quantitative estimate of drug-likeness (QED) is 0.385. The number of anilines is 1. The summed E-state index contributed by atoms with van der Waals surface area (Å²) in [6, 6.07) is 12.9. The Kier molecular flexibility index (Phi) is 9.47. The van der Waals surface area contributed by atoms with Crippen LogP contribution in [0.4, 0.5) is 14.5 Å². The van der Waals surface area contributed by atoms with Gasteiger partial charge in [0.05, 0.1) is 24.8 Å². The van der Waals surface area contributed by atoms with Gasteiger partial charge < -0.3 is 19.7 Å². The van der Waals surface area contributed by atoms with Crippen molar-refractivity contribution >= 4 is 27.5 Å². The van der Waals surface area contributed by atoms with Gasteiger partial charge in [-0.2, -0.15) is 0 Å². The number of hydrogen-bond acceptors (Lipinski definition) is 6. The first-order valence-electron chi connectivity index (χ1n) is 11.8. The van der Waals surface area contributed by atoms with E-state index in [0.29, 0.717) is 11.3 Å². The van der Waals surface area contributed by atoms with Crippen LogP contribution in [-0.2, 0) is 26.2 Å². The molecule has 3 aromatic rings. The highest BCUT2D eigenvalue weighted by Gasteiger charge is 2.33. The van der Waals surface area contributed by atoms with Crippen LogP contribution >= 0.6 is 0 Å². The summed E-state index contributed by atoms with van der Waals surface area (Å²) >= 11 is 0. The van der Waals surface area contributed by atoms with Gasteiger partial charge in [-0.05, 0) is 61.0 Å². The third-order valence-electron chi connectivity index (χ3n) is 6.02. The van der Waals surface area contributed by atoms with Gasteiger partial charge in [-0.25, -0.2) is 17.2 Å². The van der Waals surface area contributed by atoms with Crippen LogP contribution in [-0.4, -0.2) is 59.0 Å². The van der Waals surface area contributed by atoms with Crippen LogP contribution in [0.5, 0.6) is 11.5 Å². The number of carbonyl (C=O) groups is 2. The van der Waals surface area contributed by atoms with E-state index in [0.717, 1.165) is 16.4 Å². The van der Waals surface area contributed by atoms with Crippen LogP contribution in [0.25, 0.3) is 0 Å². The predicted octanol–water partition coefficient (Wildman–Crippen LogP) is 3.34. The Morgan fingerprint density at radius 1 is 0.897 bits per heavy atom. The molecular weight excluding hydrogens is 532 g/mol. The zero-order chi connectivity index (χ0) is 28.7. The Hall–Kier alpha value is -4.19. The van der Waals surface area contributed by atoms with E-state index in [4.69, 9.17) is 9.47 Å². The highest BCUT2D eigenvalue weighted by molar-refractivity contribution is 7.92. The van der Waals surface area contributed by atoms with Gasteiger partial charge in [0.25, 0.3) is 10.0 Å². The maximum absolute atomic E-state index is 13.8. The first kappa shape index (κ1) is 29.4. The standard InChI is InChI=1S/C27H29F2N3O6S/c1-18(27(34)30-2)31(16-19-5-7-20(28)8-6-19)26(33)17-32(22-11-9-21(29)10-12-22)39(35,36)23-13-14-24(37-3)25(15-23)38-4/h5-15,18H,16-17H2,1-4H3,(H,30,34)/t18-/m0/s1. The molecule has 0 heterocycles. The molecule has 0 aliphatic carbocycles. The van der Waals surface area contributed by atoms with Crippen molar-refractivity contribution in [1.82, 2.24) is 10.2 Å². The zero-order valence-corrected chi connectivity index (χ0v) is 22.7. The third-order valence-corrected chi connectivity index (χ3v) is 7.79.